The van der Waals surface area contributed by atoms with E-state index in [4.69, 9.17) is 0 Å². The summed E-state index contributed by atoms with van der Waals surface area (Å²) < 4.78 is 28.1. The minimum Gasteiger partial charge on any atom is -0.388 e. The van der Waals surface area contributed by atoms with E-state index in [-0.39, 0.29) is 5.56 Å². The summed E-state index contributed by atoms with van der Waals surface area (Å²) in [5.41, 5.74) is 0.951. The average Bonchev–Trinajstić information content (AvgIpc) is 2.76. The van der Waals surface area contributed by atoms with Crippen LogP contribution in [-0.4, -0.2) is 14.9 Å². The molecule has 1 aromatic carbocycles. The van der Waals surface area contributed by atoms with Gasteiger partial charge >= 0.3 is 0 Å². The van der Waals surface area contributed by atoms with Crippen LogP contribution in [-0.2, 0) is 13.5 Å². The van der Waals surface area contributed by atoms with Gasteiger partial charge in [-0.1, -0.05) is 12.1 Å². The Kier molecular flexibility index (Phi) is 3.72. The second-order valence-corrected chi connectivity index (χ2v) is 4.22. The summed E-state index contributed by atoms with van der Waals surface area (Å²) in [6.45, 7) is 0. The van der Waals surface area contributed by atoms with Gasteiger partial charge in [0.15, 0.2) is 11.6 Å². The molecule has 0 aliphatic heterocycles. The van der Waals surface area contributed by atoms with Crippen molar-refractivity contribution in [2.45, 2.75) is 18.9 Å². The van der Waals surface area contributed by atoms with E-state index in [9.17, 15) is 13.9 Å². The molecule has 1 unspecified atom stereocenters. The van der Waals surface area contributed by atoms with Crippen LogP contribution in [0.5, 0.6) is 0 Å². The van der Waals surface area contributed by atoms with E-state index in [1.165, 1.54) is 12.1 Å². The maximum atomic E-state index is 13.4. The highest BCUT2D eigenvalue weighted by atomic mass is 19.2. The van der Waals surface area contributed by atoms with Gasteiger partial charge in [0.05, 0.1) is 12.3 Å². The number of halogens is 2. The Hall–Kier alpha value is -1.75. The van der Waals surface area contributed by atoms with Gasteiger partial charge in [-0.3, -0.25) is 4.68 Å². The number of hydrogen-bond donors (Lipinski definition) is 1. The lowest BCUT2D eigenvalue weighted by atomic mass is 10.0. The third-order valence-electron chi connectivity index (χ3n) is 2.81. The van der Waals surface area contributed by atoms with Crippen molar-refractivity contribution in [2.24, 2.45) is 7.05 Å². The van der Waals surface area contributed by atoms with E-state index in [1.807, 2.05) is 6.20 Å². The first-order valence-corrected chi connectivity index (χ1v) is 5.67. The van der Waals surface area contributed by atoms with Crippen molar-refractivity contribution in [3.05, 3.63) is 53.4 Å². The number of aromatic nitrogens is 2. The van der Waals surface area contributed by atoms with Crippen molar-refractivity contribution >= 4 is 0 Å². The van der Waals surface area contributed by atoms with E-state index in [1.54, 1.807) is 17.9 Å². The van der Waals surface area contributed by atoms with Crippen molar-refractivity contribution in [1.29, 1.82) is 0 Å². The number of aliphatic hydroxyl groups is 1. The van der Waals surface area contributed by atoms with Crippen LogP contribution in [0.3, 0.4) is 0 Å². The number of rotatable bonds is 4. The van der Waals surface area contributed by atoms with E-state index in [0.29, 0.717) is 12.8 Å². The molecule has 0 fully saturated rings. The number of hydrogen-bond acceptors (Lipinski definition) is 2. The fourth-order valence-corrected chi connectivity index (χ4v) is 1.84. The molecule has 0 radical (unpaired) electrons. The molecule has 2 rings (SSSR count). The van der Waals surface area contributed by atoms with Crippen LogP contribution < -0.4 is 0 Å². The van der Waals surface area contributed by atoms with Crippen LogP contribution in [0.4, 0.5) is 8.78 Å². The first-order valence-electron chi connectivity index (χ1n) is 5.67. The smallest absolute Gasteiger partial charge is 0.164 e. The second kappa shape index (κ2) is 5.27. The van der Waals surface area contributed by atoms with Crippen molar-refractivity contribution in [3.63, 3.8) is 0 Å². The molecule has 0 saturated carbocycles. The maximum Gasteiger partial charge on any atom is 0.164 e. The van der Waals surface area contributed by atoms with Crippen molar-refractivity contribution in [1.82, 2.24) is 9.78 Å². The van der Waals surface area contributed by atoms with Crippen LogP contribution in [0, 0.1) is 11.6 Å². The van der Waals surface area contributed by atoms with Gasteiger partial charge in [0.25, 0.3) is 0 Å². The highest BCUT2D eigenvalue weighted by molar-refractivity contribution is 5.21. The summed E-state index contributed by atoms with van der Waals surface area (Å²) in [5, 5.41) is 13.9. The highest BCUT2D eigenvalue weighted by Gasteiger charge is 2.15. The molecule has 1 N–H and O–H groups in total. The standard InChI is InChI=1S/C13H14F2N2O/c1-17-8-9(7-16-17)5-6-12(18)10-3-2-4-11(14)13(10)15/h2-4,7-8,12,18H,5-6H2,1H3. The molecule has 0 amide bonds. The molecule has 0 saturated heterocycles. The minimum absolute atomic E-state index is 0.00103. The summed E-state index contributed by atoms with van der Waals surface area (Å²) in [4.78, 5) is 0. The lowest BCUT2D eigenvalue weighted by Gasteiger charge is -2.11. The van der Waals surface area contributed by atoms with Crippen molar-refractivity contribution in [3.8, 4) is 0 Å². The molecular formula is C13H14F2N2O. The molecule has 0 aliphatic carbocycles. The highest BCUT2D eigenvalue weighted by Crippen LogP contribution is 2.23. The van der Waals surface area contributed by atoms with Gasteiger partial charge in [0.2, 0.25) is 0 Å². The van der Waals surface area contributed by atoms with Gasteiger partial charge in [-0.15, -0.1) is 0 Å². The Morgan fingerprint density at radius 3 is 2.83 bits per heavy atom. The molecule has 96 valence electrons. The van der Waals surface area contributed by atoms with Gasteiger partial charge < -0.3 is 5.11 Å². The molecule has 0 aliphatic rings. The van der Waals surface area contributed by atoms with E-state index in [2.05, 4.69) is 5.10 Å². The first-order chi connectivity index (χ1) is 8.58. The normalized spacial score (nSPS) is 12.7. The van der Waals surface area contributed by atoms with Gasteiger partial charge in [-0.05, 0) is 24.5 Å². The van der Waals surface area contributed by atoms with Crippen molar-refractivity contribution < 1.29 is 13.9 Å². The third-order valence-corrected chi connectivity index (χ3v) is 2.81. The topological polar surface area (TPSA) is 38.0 Å². The number of aliphatic hydroxyl groups excluding tert-OH is 1. The fourth-order valence-electron chi connectivity index (χ4n) is 1.84. The molecular weight excluding hydrogens is 238 g/mol. The van der Waals surface area contributed by atoms with Crippen LogP contribution >= 0.6 is 0 Å². The molecule has 2 aromatic rings. The monoisotopic (exact) mass is 252 g/mol. The predicted molar refractivity (Wildman–Crippen MR) is 62.8 cm³/mol. The largest absolute Gasteiger partial charge is 0.388 e. The van der Waals surface area contributed by atoms with Gasteiger partial charge in [0.1, 0.15) is 0 Å². The molecule has 18 heavy (non-hydrogen) atoms. The Morgan fingerprint density at radius 1 is 1.39 bits per heavy atom. The Labute approximate surface area is 104 Å². The summed E-state index contributed by atoms with van der Waals surface area (Å²) in [7, 11) is 1.80. The summed E-state index contributed by atoms with van der Waals surface area (Å²) in [5.74, 6) is -1.91. The second-order valence-electron chi connectivity index (χ2n) is 4.22. The molecule has 0 spiro atoms. The predicted octanol–water partition coefficient (Wildman–Crippen LogP) is 2.36. The summed E-state index contributed by atoms with van der Waals surface area (Å²) >= 11 is 0. The van der Waals surface area contributed by atoms with Crippen LogP contribution in [0.15, 0.2) is 30.6 Å². The molecule has 1 atom stereocenters. The zero-order valence-electron chi connectivity index (χ0n) is 9.98. The minimum atomic E-state index is -1.01. The van der Waals surface area contributed by atoms with Crippen LogP contribution in [0.25, 0.3) is 0 Å². The van der Waals surface area contributed by atoms with Gasteiger partial charge in [0, 0.05) is 18.8 Å². The van der Waals surface area contributed by atoms with E-state index < -0.39 is 17.7 Å². The summed E-state index contributed by atoms with van der Waals surface area (Å²) in [6, 6.07) is 3.82. The molecule has 1 heterocycles. The van der Waals surface area contributed by atoms with Gasteiger partial charge in [-0.25, -0.2) is 8.78 Å². The third kappa shape index (κ3) is 2.73. The Morgan fingerprint density at radius 2 is 2.17 bits per heavy atom. The van der Waals surface area contributed by atoms with Crippen LogP contribution in [0.2, 0.25) is 0 Å². The quantitative estimate of drug-likeness (QED) is 0.907. The van der Waals surface area contributed by atoms with E-state index >= 15 is 0 Å². The lowest BCUT2D eigenvalue weighted by molar-refractivity contribution is 0.162. The van der Waals surface area contributed by atoms with E-state index in [0.717, 1.165) is 11.6 Å². The molecule has 5 heteroatoms. The number of benzene rings is 1. The fraction of sp³-hybridized carbons (Fsp3) is 0.308. The van der Waals surface area contributed by atoms with Gasteiger partial charge in [-0.2, -0.15) is 5.10 Å². The Balaban J connectivity index is 2.03. The SMILES string of the molecule is Cn1cc(CCC(O)c2cccc(F)c2F)cn1. The first kappa shape index (κ1) is 12.7. The number of aryl methyl sites for hydroxylation is 2. The molecule has 0 bridgehead atoms. The summed E-state index contributed by atoms with van der Waals surface area (Å²) in [6.07, 6.45) is 3.39. The average molecular weight is 252 g/mol. The lowest BCUT2D eigenvalue weighted by Crippen LogP contribution is -2.03. The zero-order chi connectivity index (χ0) is 13.1. The van der Waals surface area contributed by atoms with Crippen LogP contribution in [0.1, 0.15) is 23.7 Å². The number of nitrogens with zero attached hydrogens (tertiary/aromatic N) is 2. The zero-order valence-corrected chi connectivity index (χ0v) is 9.98. The maximum absolute atomic E-state index is 13.4. The molecule has 3 nitrogen and oxygen atoms in total. The molecule has 1 aromatic heterocycles. The Bertz CT molecular complexity index is 540. The van der Waals surface area contributed by atoms with Crippen molar-refractivity contribution in [2.75, 3.05) is 0 Å².